The Morgan fingerprint density at radius 1 is 1.16 bits per heavy atom. The molecule has 0 spiro atoms. The molecule has 0 aliphatic carbocycles. The first-order chi connectivity index (χ1) is 9.24. The first-order valence-corrected chi connectivity index (χ1v) is 6.02. The number of hydrogen-bond donors (Lipinski definition) is 1. The van der Waals surface area contributed by atoms with Gasteiger partial charge in [-0.2, -0.15) is 0 Å². The van der Waals surface area contributed by atoms with E-state index in [1.54, 1.807) is 13.2 Å². The minimum Gasteiger partial charge on any atom is -0.497 e. The van der Waals surface area contributed by atoms with Gasteiger partial charge in [0, 0.05) is 6.42 Å². The molecular weight excluding hydrogens is 243 g/mol. The molecule has 0 atom stereocenters. The van der Waals surface area contributed by atoms with E-state index in [0.717, 1.165) is 28.2 Å². The van der Waals surface area contributed by atoms with Gasteiger partial charge < -0.3 is 9.72 Å². The van der Waals surface area contributed by atoms with Crippen LogP contribution < -0.4 is 4.74 Å². The van der Waals surface area contributed by atoms with Gasteiger partial charge in [-0.1, -0.05) is 12.1 Å². The highest BCUT2D eigenvalue weighted by Gasteiger charge is 2.05. The highest BCUT2D eigenvalue weighted by molar-refractivity contribution is 5.75. The summed E-state index contributed by atoms with van der Waals surface area (Å²) < 4.78 is 18.2. The molecule has 0 saturated carbocycles. The van der Waals surface area contributed by atoms with Crippen LogP contribution in [0.15, 0.2) is 42.5 Å². The molecule has 19 heavy (non-hydrogen) atoms. The molecule has 3 aromatic rings. The molecule has 0 fully saturated rings. The first kappa shape index (κ1) is 11.7. The fourth-order valence-electron chi connectivity index (χ4n) is 2.06. The number of halogens is 1. The summed E-state index contributed by atoms with van der Waals surface area (Å²) in [5, 5.41) is 0. The van der Waals surface area contributed by atoms with Crippen LogP contribution in [0.2, 0.25) is 0 Å². The van der Waals surface area contributed by atoms with Gasteiger partial charge in [-0.05, 0) is 35.9 Å². The van der Waals surface area contributed by atoms with Crippen molar-refractivity contribution in [3.8, 4) is 5.75 Å². The molecule has 0 aliphatic rings. The van der Waals surface area contributed by atoms with Gasteiger partial charge in [-0.25, -0.2) is 9.37 Å². The lowest BCUT2D eigenvalue weighted by Gasteiger charge is -2.01. The molecule has 4 heteroatoms. The Morgan fingerprint density at radius 2 is 1.95 bits per heavy atom. The SMILES string of the molecule is COc1ccc(Cc2nc3ccc(F)cc3[nH]2)cc1. The van der Waals surface area contributed by atoms with E-state index in [0.29, 0.717) is 6.42 Å². The second kappa shape index (κ2) is 4.72. The van der Waals surface area contributed by atoms with Crippen molar-refractivity contribution in [2.75, 3.05) is 7.11 Å². The molecule has 96 valence electrons. The van der Waals surface area contributed by atoms with Crippen molar-refractivity contribution in [1.82, 2.24) is 9.97 Å². The maximum absolute atomic E-state index is 13.1. The molecular formula is C15H13FN2O. The Hall–Kier alpha value is -2.36. The largest absolute Gasteiger partial charge is 0.497 e. The molecule has 3 nitrogen and oxygen atoms in total. The van der Waals surface area contributed by atoms with Gasteiger partial charge in [0.2, 0.25) is 0 Å². The third kappa shape index (κ3) is 2.42. The number of aromatic amines is 1. The van der Waals surface area contributed by atoms with Crippen LogP contribution in [0.25, 0.3) is 11.0 Å². The third-order valence-corrected chi connectivity index (χ3v) is 3.02. The zero-order valence-electron chi connectivity index (χ0n) is 10.5. The van der Waals surface area contributed by atoms with E-state index in [1.165, 1.54) is 12.1 Å². The van der Waals surface area contributed by atoms with Crippen LogP contribution in [-0.2, 0) is 6.42 Å². The highest BCUT2D eigenvalue weighted by Crippen LogP contribution is 2.17. The van der Waals surface area contributed by atoms with Crippen LogP contribution in [0.3, 0.4) is 0 Å². The standard InChI is InChI=1S/C15H13FN2O/c1-19-12-5-2-10(3-6-12)8-15-17-13-7-4-11(16)9-14(13)18-15/h2-7,9H,8H2,1H3,(H,17,18). The molecule has 0 amide bonds. The lowest BCUT2D eigenvalue weighted by molar-refractivity contribution is 0.414. The molecule has 2 aromatic carbocycles. The summed E-state index contributed by atoms with van der Waals surface area (Å²) in [6.07, 6.45) is 0.681. The van der Waals surface area contributed by atoms with Crippen LogP contribution in [0.5, 0.6) is 5.75 Å². The number of aromatic nitrogens is 2. The van der Waals surface area contributed by atoms with Gasteiger partial charge in [0.25, 0.3) is 0 Å². The quantitative estimate of drug-likeness (QED) is 0.780. The van der Waals surface area contributed by atoms with Crippen LogP contribution in [0, 0.1) is 5.82 Å². The number of benzene rings is 2. The van der Waals surface area contributed by atoms with Gasteiger partial charge in [-0.15, -0.1) is 0 Å². The Labute approximate surface area is 110 Å². The summed E-state index contributed by atoms with van der Waals surface area (Å²) in [7, 11) is 1.64. The smallest absolute Gasteiger partial charge is 0.125 e. The average molecular weight is 256 g/mol. The molecule has 0 radical (unpaired) electrons. The normalized spacial score (nSPS) is 10.8. The van der Waals surface area contributed by atoms with E-state index in [2.05, 4.69) is 9.97 Å². The summed E-state index contributed by atoms with van der Waals surface area (Å²) >= 11 is 0. The van der Waals surface area contributed by atoms with E-state index in [4.69, 9.17) is 4.74 Å². The van der Waals surface area contributed by atoms with Crippen molar-refractivity contribution in [3.63, 3.8) is 0 Å². The minimum atomic E-state index is -0.257. The van der Waals surface area contributed by atoms with E-state index >= 15 is 0 Å². The Morgan fingerprint density at radius 3 is 2.68 bits per heavy atom. The predicted octanol–water partition coefficient (Wildman–Crippen LogP) is 3.30. The number of imidazole rings is 1. The number of hydrogen-bond acceptors (Lipinski definition) is 2. The van der Waals surface area contributed by atoms with E-state index in [9.17, 15) is 4.39 Å². The number of rotatable bonds is 3. The molecule has 0 bridgehead atoms. The molecule has 1 aromatic heterocycles. The van der Waals surface area contributed by atoms with E-state index < -0.39 is 0 Å². The van der Waals surface area contributed by atoms with Crippen LogP contribution in [-0.4, -0.2) is 17.1 Å². The topological polar surface area (TPSA) is 37.9 Å². The minimum absolute atomic E-state index is 0.257. The van der Waals surface area contributed by atoms with Crippen molar-refractivity contribution in [3.05, 3.63) is 59.7 Å². The van der Waals surface area contributed by atoms with E-state index in [-0.39, 0.29) is 5.82 Å². The molecule has 0 unspecified atom stereocenters. The summed E-state index contributed by atoms with van der Waals surface area (Å²) in [6, 6.07) is 12.4. The zero-order valence-corrected chi connectivity index (χ0v) is 10.5. The Balaban J connectivity index is 1.87. The molecule has 1 heterocycles. The number of ether oxygens (including phenoxy) is 1. The zero-order chi connectivity index (χ0) is 13.2. The Bertz CT molecular complexity index is 704. The van der Waals surface area contributed by atoms with Gasteiger partial charge in [0.05, 0.1) is 18.1 Å². The summed E-state index contributed by atoms with van der Waals surface area (Å²) in [5.74, 6) is 1.40. The number of methoxy groups -OCH3 is 1. The first-order valence-electron chi connectivity index (χ1n) is 6.02. The van der Waals surface area contributed by atoms with Crippen LogP contribution in [0.1, 0.15) is 11.4 Å². The number of fused-ring (bicyclic) bond motifs is 1. The average Bonchev–Trinajstić information content (AvgIpc) is 2.81. The van der Waals surface area contributed by atoms with Gasteiger partial charge in [0.1, 0.15) is 17.4 Å². The molecule has 0 aliphatic heterocycles. The van der Waals surface area contributed by atoms with Gasteiger partial charge in [-0.3, -0.25) is 0 Å². The van der Waals surface area contributed by atoms with Crippen LogP contribution >= 0.6 is 0 Å². The number of nitrogens with zero attached hydrogens (tertiary/aromatic N) is 1. The molecule has 3 rings (SSSR count). The summed E-state index contributed by atoms with van der Waals surface area (Å²) in [5.41, 5.74) is 2.63. The number of nitrogens with one attached hydrogen (secondary N) is 1. The van der Waals surface area contributed by atoms with Gasteiger partial charge in [0.15, 0.2) is 0 Å². The lowest BCUT2D eigenvalue weighted by atomic mass is 10.1. The van der Waals surface area contributed by atoms with Crippen molar-refractivity contribution in [2.45, 2.75) is 6.42 Å². The third-order valence-electron chi connectivity index (χ3n) is 3.02. The fourth-order valence-corrected chi connectivity index (χ4v) is 2.06. The van der Waals surface area contributed by atoms with Gasteiger partial charge >= 0.3 is 0 Å². The fraction of sp³-hybridized carbons (Fsp3) is 0.133. The predicted molar refractivity (Wildman–Crippen MR) is 71.9 cm³/mol. The second-order valence-electron chi connectivity index (χ2n) is 4.37. The Kier molecular flexibility index (Phi) is 2.91. The van der Waals surface area contributed by atoms with Crippen molar-refractivity contribution in [1.29, 1.82) is 0 Å². The van der Waals surface area contributed by atoms with Crippen molar-refractivity contribution < 1.29 is 9.13 Å². The molecule has 0 saturated heterocycles. The maximum Gasteiger partial charge on any atom is 0.125 e. The highest BCUT2D eigenvalue weighted by atomic mass is 19.1. The number of H-pyrrole nitrogens is 1. The maximum atomic E-state index is 13.1. The second-order valence-corrected chi connectivity index (χ2v) is 4.37. The summed E-state index contributed by atoms with van der Waals surface area (Å²) in [6.45, 7) is 0. The summed E-state index contributed by atoms with van der Waals surface area (Å²) in [4.78, 5) is 7.57. The van der Waals surface area contributed by atoms with E-state index in [1.807, 2.05) is 24.3 Å². The van der Waals surface area contributed by atoms with Crippen molar-refractivity contribution in [2.24, 2.45) is 0 Å². The van der Waals surface area contributed by atoms with Crippen molar-refractivity contribution >= 4 is 11.0 Å². The molecule has 1 N–H and O–H groups in total. The van der Waals surface area contributed by atoms with Crippen LogP contribution in [0.4, 0.5) is 4.39 Å². The monoisotopic (exact) mass is 256 g/mol. The lowest BCUT2D eigenvalue weighted by Crippen LogP contribution is -1.91.